The minimum Gasteiger partial charge on any atom is -0.331 e. The van der Waals surface area contributed by atoms with Crippen molar-refractivity contribution in [1.82, 2.24) is 25.4 Å². The third kappa shape index (κ3) is 4.97. The molecular formula is C15H18F3N5O. The Morgan fingerprint density at radius 3 is 2.62 bits per heavy atom. The van der Waals surface area contributed by atoms with E-state index in [-0.39, 0.29) is 13.0 Å². The minimum atomic E-state index is -4.55. The molecule has 0 bridgehead atoms. The highest BCUT2D eigenvalue weighted by molar-refractivity contribution is 5.74. The van der Waals surface area contributed by atoms with Crippen molar-refractivity contribution in [1.29, 1.82) is 0 Å². The molecule has 0 aliphatic rings. The van der Waals surface area contributed by atoms with Gasteiger partial charge in [0.2, 0.25) is 0 Å². The van der Waals surface area contributed by atoms with E-state index in [2.05, 4.69) is 15.5 Å². The van der Waals surface area contributed by atoms with Crippen LogP contribution in [0.2, 0.25) is 0 Å². The smallest absolute Gasteiger partial charge is 0.331 e. The molecule has 0 unspecified atom stereocenters. The van der Waals surface area contributed by atoms with E-state index in [9.17, 15) is 18.0 Å². The Hall–Kier alpha value is -2.58. The quantitative estimate of drug-likeness (QED) is 0.847. The van der Waals surface area contributed by atoms with E-state index >= 15 is 0 Å². The summed E-state index contributed by atoms with van der Waals surface area (Å²) in [6.07, 6.45) is -3.39. The zero-order valence-corrected chi connectivity index (χ0v) is 13.0. The van der Waals surface area contributed by atoms with Crippen LogP contribution in [-0.2, 0) is 19.5 Å². The van der Waals surface area contributed by atoms with Gasteiger partial charge in [0.1, 0.15) is 12.4 Å². The lowest BCUT2D eigenvalue weighted by Crippen LogP contribution is -2.50. The molecular weight excluding hydrogens is 323 g/mol. The predicted octanol–water partition coefficient (Wildman–Crippen LogP) is 2.27. The van der Waals surface area contributed by atoms with Gasteiger partial charge in [-0.1, -0.05) is 30.3 Å². The molecule has 130 valence electrons. The van der Waals surface area contributed by atoms with Crippen molar-refractivity contribution in [2.75, 3.05) is 0 Å². The van der Waals surface area contributed by atoms with Gasteiger partial charge in [-0.15, -0.1) is 10.2 Å². The van der Waals surface area contributed by atoms with Crippen molar-refractivity contribution in [2.24, 2.45) is 0 Å². The number of amides is 2. The van der Waals surface area contributed by atoms with E-state index in [4.69, 9.17) is 0 Å². The molecule has 1 aromatic heterocycles. The summed E-state index contributed by atoms with van der Waals surface area (Å²) in [5, 5.41) is 11.8. The highest BCUT2D eigenvalue weighted by Gasteiger charge is 2.40. The summed E-state index contributed by atoms with van der Waals surface area (Å²) in [7, 11) is 0. The second-order valence-electron chi connectivity index (χ2n) is 5.14. The molecule has 0 aliphatic carbocycles. The molecule has 2 amide bonds. The molecule has 24 heavy (non-hydrogen) atoms. The second kappa shape index (κ2) is 7.80. The van der Waals surface area contributed by atoms with Gasteiger partial charge in [0.25, 0.3) is 0 Å². The van der Waals surface area contributed by atoms with Gasteiger partial charge in [-0.2, -0.15) is 13.2 Å². The van der Waals surface area contributed by atoms with E-state index in [1.54, 1.807) is 34.9 Å². The molecule has 2 rings (SSSR count). The lowest BCUT2D eigenvalue weighted by atomic mass is 10.1. The van der Waals surface area contributed by atoms with Gasteiger partial charge in [0, 0.05) is 13.0 Å². The summed E-state index contributed by atoms with van der Waals surface area (Å²) in [5.41, 5.74) is 0.492. The highest BCUT2D eigenvalue weighted by atomic mass is 19.4. The fourth-order valence-corrected chi connectivity index (χ4v) is 2.15. The van der Waals surface area contributed by atoms with Crippen LogP contribution >= 0.6 is 0 Å². The molecule has 2 aromatic rings. The SMILES string of the molecule is CCn1cnnc1CNC(=O)N[C@H](Cc1ccccc1)C(F)(F)F. The van der Waals surface area contributed by atoms with Gasteiger partial charge in [-0.25, -0.2) is 4.79 Å². The first kappa shape index (κ1) is 17.8. The summed E-state index contributed by atoms with van der Waals surface area (Å²) >= 11 is 0. The first-order chi connectivity index (χ1) is 11.4. The molecule has 6 nitrogen and oxygen atoms in total. The van der Waals surface area contributed by atoms with Crippen LogP contribution in [0.4, 0.5) is 18.0 Å². The number of urea groups is 1. The summed E-state index contributed by atoms with van der Waals surface area (Å²) in [5.74, 6) is 0.472. The summed E-state index contributed by atoms with van der Waals surface area (Å²) in [6, 6.07) is 5.32. The molecule has 0 saturated carbocycles. The van der Waals surface area contributed by atoms with E-state index in [0.29, 0.717) is 17.9 Å². The number of rotatable bonds is 6. The monoisotopic (exact) mass is 341 g/mol. The van der Waals surface area contributed by atoms with E-state index in [1.807, 2.05) is 12.2 Å². The molecule has 9 heteroatoms. The number of nitrogens with zero attached hydrogens (tertiary/aromatic N) is 3. The van der Waals surface area contributed by atoms with Gasteiger partial charge in [0.15, 0.2) is 5.82 Å². The van der Waals surface area contributed by atoms with Crippen LogP contribution in [0.15, 0.2) is 36.7 Å². The van der Waals surface area contributed by atoms with Crippen molar-refractivity contribution in [2.45, 2.75) is 38.7 Å². The van der Waals surface area contributed by atoms with Crippen LogP contribution in [0.5, 0.6) is 0 Å². The van der Waals surface area contributed by atoms with Gasteiger partial charge in [-0.3, -0.25) is 0 Å². The number of aryl methyl sites for hydroxylation is 1. The van der Waals surface area contributed by atoms with Crippen molar-refractivity contribution < 1.29 is 18.0 Å². The topological polar surface area (TPSA) is 71.8 Å². The maximum Gasteiger partial charge on any atom is 0.408 e. The molecule has 2 N–H and O–H groups in total. The average molecular weight is 341 g/mol. The molecule has 1 atom stereocenters. The molecule has 0 spiro atoms. The Kier molecular flexibility index (Phi) is 5.78. The molecule has 0 radical (unpaired) electrons. The van der Waals surface area contributed by atoms with Crippen molar-refractivity contribution in [3.63, 3.8) is 0 Å². The standard InChI is InChI=1S/C15H18F3N5O/c1-2-23-10-20-22-13(23)9-19-14(24)21-12(15(16,17)18)8-11-6-4-3-5-7-11/h3-7,10,12H,2,8-9H2,1H3,(H2,19,21,24)/t12-/m1/s1. The van der Waals surface area contributed by atoms with E-state index in [0.717, 1.165) is 0 Å². The highest BCUT2D eigenvalue weighted by Crippen LogP contribution is 2.23. The first-order valence-electron chi connectivity index (χ1n) is 7.41. The fourth-order valence-electron chi connectivity index (χ4n) is 2.15. The maximum atomic E-state index is 13.1. The third-order valence-electron chi connectivity index (χ3n) is 3.43. The molecule has 0 fully saturated rings. The molecule has 1 aromatic carbocycles. The van der Waals surface area contributed by atoms with E-state index < -0.39 is 18.2 Å². The number of hydrogen-bond acceptors (Lipinski definition) is 3. The lowest BCUT2D eigenvalue weighted by Gasteiger charge is -2.22. The number of carbonyl (C=O) groups excluding carboxylic acids is 1. The van der Waals surface area contributed by atoms with Crippen LogP contribution in [0.1, 0.15) is 18.3 Å². The van der Waals surface area contributed by atoms with E-state index in [1.165, 1.54) is 6.33 Å². The zero-order chi connectivity index (χ0) is 17.6. The zero-order valence-electron chi connectivity index (χ0n) is 13.0. The summed E-state index contributed by atoms with van der Waals surface area (Å²) in [4.78, 5) is 11.8. The Morgan fingerprint density at radius 2 is 2.00 bits per heavy atom. The van der Waals surface area contributed by atoms with Crippen LogP contribution in [0.3, 0.4) is 0 Å². The Morgan fingerprint density at radius 1 is 1.29 bits per heavy atom. The average Bonchev–Trinajstić information content (AvgIpc) is 3.00. The molecule has 1 heterocycles. The fraction of sp³-hybridized carbons (Fsp3) is 0.400. The lowest BCUT2D eigenvalue weighted by molar-refractivity contribution is -0.152. The number of benzene rings is 1. The van der Waals surface area contributed by atoms with Crippen molar-refractivity contribution in [3.05, 3.63) is 48.0 Å². The normalized spacial score (nSPS) is 12.7. The number of aromatic nitrogens is 3. The largest absolute Gasteiger partial charge is 0.408 e. The Labute approximate surface area is 137 Å². The number of alkyl halides is 3. The number of halogens is 3. The number of carbonyl (C=O) groups is 1. The molecule has 0 aliphatic heterocycles. The van der Waals surface area contributed by atoms with Crippen molar-refractivity contribution >= 4 is 6.03 Å². The summed E-state index contributed by atoms with van der Waals surface area (Å²) in [6.45, 7) is 2.47. The Bertz CT molecular complexity index is 657. The van der Waals surface area contributed by atoms with Crippen LogP contribution in [0, 0.1) is 0 Å². The summed E-state index contributed by atoms with van der Waals surface area (Å²) < 4.78 is 41.1. The first-order valence-corrected chi connectivity index (χ1v) is 7.41. The van der Waals surface area contributed by atoms with Crippen LogP contribution in [-0.4, -0.2) is 33.0 Å². The number of nitrogens with one attached hydrogen (secondary N) is 2. The minimum absolute atomic E-state index is 0.00438. The van der Waals surface area contributed by atoms with Gasteiger partial charge in [-0.05, 0) is 12.5 Å². The van der Waals surface area contributed by atoms with Crippen molar-refractivity contribution in [3.8, 4) is 0 Å². The van der Waals surface area contributed by atoms with Gasteiger partial charge >= 0.3 is 12.2 Å². The van der Waals surface area contributed by atoms with Crippen LogP contribution < -0.4 is 10.6 Å². The second-order valence-corrected chi connectivity index (χ2v) is 5.14. The van der Waals surface area contributed by atoms with Gasteiger partial charge in [0.05, 0.1) is 6.54 Å². The predicted molar refractivity (Wildman–Crippen MR) is 81.1 cm³/mol. The Balaban J connectivity index is 1.95. The van der Waals surface area contributed by atoms with Gasteiger partial charge < -0.3 is 15.2 Å². The molecule has 0 saturated heterocycles. The third-order valence-corrected chi connectivity index (χ3v) is 3.43. The number of hydrogen-bond donors (Lipinski definition) is 2. The van der Waals surface area contributed by atoms with Crippen LogP contribution in [0.25, 0.3) is 0 Å². The maximum absolute atomic E-state index is 13.1.